The van der Waals surface area contributed by atoms with Crippen molar-refractivity contribution in [2.24, 2.45) is 5.73 Å². The van der Waals surface area contributed by atoms with Crippen molar-refractivity contribution in [3.05, 3.63) is 40.9 Å². The Morgan fingerprint density at radius 3 is 3.00 bits per heavy atom. The summed E-state index contributed by atoms with van der Waals surface area (Å²) in [6.07, 6.45) is 3.73. The number of aryl methyl sites for hydroxylation is 1. The lowest BCUT2D eigenvalue weighted by molar-refractivity contribution is -0.132. The van der Waals surface area contributed by atoms with Crippen molar-refractivity contribution in [2.45, 2.75) is 31.8 Å². The first-order valence-corrected chi connectivity index (χ1v) is 7.62. The van der Waals surface area contributed by atoms with Gasteiger partial charge in [-0.2, -0.15) is 0 Å². The Kier molecular flexibility index (Phi) is 4.20. The summed E-state index contributed by atoms with van der Waals surface area (Å²) in [4.78, 5) is 30.6. The molecule has 22 heavy (non-hydrogen) atoms. The second-order valence-electron chi connectivity index (χ2n) is 5.75. The molecule has 1 unspecified atom stereocenters. The van der Waals surface area contributed by atoms with Crippen molar-refractivity contribution in [2.75, 3.05) is 13.1 Å². The van der Waals surface area contributed by atoms with Gasteiger partial charge in [-0.15, -0.1) is 0 Å². The molecule has 1 fully saturated rings. The third-order valence-electron chi connectivity index (χ3n) is 4.11. The second-order valence-corrected chi connectivity index (χ2v) is 5.75. The van der Waals surface area contributed by atoms with E-state index in [2.05, 4.69) is 4.98 Å². The average Bonchev–Trinajstić information content (AvgIpc) is 2.54. The number of nitrogens with two attached hydrogens (primary N) is 1. The summed E-state index contributed by atoms with van der Waals surface area (Å²) in [5, 5.41) is 0.581. The van der Waals surface area contributed by atoms with Crippen molar-refractivity contribution in [1.29, 1.82) is 0 Å². The van der Waals surface area contributed by atoms with Crippen LogP contribution in [0, 0.1) is 0 Å². The van der Waals surface area contributed by atoms with E-state index >= 15 is 0 Å². The van der Waals surface area contributed by atoms with Crippen LogP contribution < -0.4 is 11.3 Å². The molecular formula is C16H20N4O2. The van der Waals surface area contributed by atoms with Crippen molar-refractivity contribution in [1.82, 2.24) is 14.5 Å². The van der Waals surface area contributed by atoms with Crippen LogP contribution in [-0.2, 0) is 11.3 Å². The second kappa shape index (κ2) is 6.27. The van der Waals surface area contributed by atoms with E-state index < -0.39 is 0 Å². The first-order valence-electron chi connectivity index (χ1n) is 7.62. The average molecular weight is 300 g/mol. The highest BCUT2D eigenvalue weighted by Crippen LogP contribution is 2.10. The van der Waals surface area contributed by atoms with E-state index in [0.717, 1.165) is 19.4 Å². The molecule has 116 valence electrons. The lowest BCUT2D eigenvalue weighted by atomic mass is 10.1. The number of rotatable bonds is 3. The number of para-hydroxylation sites is 1. The molecule has 1 amide bonds. The Morgan fingerprint density at radius 1 is 1.36 bits per heavy atom. The zero-order valence-corrected chi connectivity index (χ0v) is 12.4. The van der Waals surface area contributed by atoms with E-state index in [9.17, 15) is 9.59 Å². The zero-order chi connectivity index (χ0) is 15.5. The van der Waals surface area contributed by atoms with E-state index in [-0.39, 0.29) is 17.5 Å². The van der Waals surface area contributed by atoms with E-state index in [0.29, 0.717) is 30.4 Å². The number of fused-ring (bicyclic) bond motifs is 1. The highest BCUT2D eigenvalue weighted by atomic mass is 16.2. The summed E-state index contributed by atoms with van der Waals surface area (Å²) in [5.74, 6) is 0.0511. The van der Waals surface area contributed by atoms with Crippen LogP contribution in [0.15, 0.2) is 35.4 Å². The van der Waals surface area contributed by atoms with Gasteiger partial charge in [0.25, 0.3) is 5.56 Å². The van der Waals surface area contributed by atoms with Crippen LogP contribution >= 0.6 is 0 Å². The number of hydrogen-bond acceptors (Lipinski definition) is 4. The molecule has 1 atom stereocenters. The lowest BCUT2D eigenvalue weighted by Gasteiger charge is -2.30. The lowest BCUT2D eigenvalue weighted by Crippen LogP contribution is -2.46. The van der Waals surface area contributed by atoms with Gasteiger partial charge in [-0.3, -0.25) is 14.2 Å². The van der Waals surface area contributed by atoms with Gasteiger partial charge in [0.2, 0.25) is 5.91 Å². The zero-order valence-electron chi connectivity index (χ0n) is 12.4. The molecule has 6 heteroatoms. The van der Waals surface area contributed by atoms with Crippen LogP contribution in [0.1, 0.15) is 19.3 Å². The minimum atomic E-state index is -0.103. The van der Waals surface area contributed by atoms with Gasteiger partial charge in [-0.25, -0.2) is 4.98 Å². The molecule has 2 heterocycles. The molecule has 0 spiro atoms. The number of carbonyl (C=O) groups excluding carboxylic acids is 1. The normalized spacial score (nSPS) is 18.6. The molecule has 1 aromatic carbocycles. The minimum Gasteiger partial charge on any atom is -0.341 e. The molecule has 1 aromatic heterocycles. The van der Waals surface area contributed by atoms with Crippen molar-refractivity contribution in [3.63, 3.8) is 0 Å². The third-order valence-corrected chi connectivity index (χ3v) is 4.11. The quantitative estimate of drug-likeness (QED) is 0.906. The number of benzene rings is 1. The van der Waals surface area contributed by atoms with Crippen LogP contribution in [0.25, 0.3) is 10.9 Å². The predicted octanol–water partition coefficient (Wildman–Crippen LogP) is 0.736. The van der Waals surface area contributed by atoms with Crippen molar-refractivity contribution >= 4 is 16.8 Å². The number of carbonyl (C=O) groups is 1. The molecule has 1 aliphatic heterocycles. The molecule has 2 N–H and O–H groups in total. The molecule has 0 bridgehead atoms. The Bertz CT molecular complexity index is 740. The number of piperidine rings is 1. The van der Waals surface area contributed by atoms with Crippen molar-refractivity contribution < 1.29 is 4.79 Å². The maximum Gasteiger partial charge on any atom is 0.261 e. The number of amides is 1. The van der Waals surface area contributed by atoms with Crippen molar-refractivity contribution in [3.8, 4) is 0 Å². The van der Waals surface area contributed by atoms with Gasteiger partial charge in [0.15, 0.2) is 0 Å². The van der Waals surface area contributed by atoms with Gasteiger partial charge in [0, 0.05) is 32.1 Å². The predicted molar refractivity (Wildman–Crippen MR) is 84.4 cm³/mol. The summed E-state index contributed by atoms with van der Waals surface area (Å²) >= 11 is 0. The van der Waals surface area contributed by atoms with Crippen LogP contribution in [0.4, 0.5) is 0 Å². The molecule has 1 saturated heterocycles. The Labute approximate surface area is 128 Å². The van der Waals surface area contributed by atoms with Crippen LogP contribution in [0.2, 0.25) is 0 Å². The molecule has 2 aromatic rings. The molecule has 0 radical (unpaired) electrons. The highest BCUT2D eigenvalue weighted by molar-refractivity contribution is 5.77. The number of aromatic nitrogens is 2. The summed E-state index contributed by atoms with van der Waals surface area (Å²) in [6.45, 7) is 1.72. The fourth-order valence-electron chi connectivity index (χ4n) is 2.88. The maximum absolute atomic E-state index is 12.3. The number of hydrogen-bond donors (Lipinski definition) is 1. The largest absolute Gasteiger partial charge is 0.341 e. The van der Waals surface area contributed by atoms with Gasteiger partial charge in [0.1, 0.15) is 0 Å². The summed E-state index contributed by atoms with van der Waals surface area (Å²) in [5.41, 5.74) is 6.47. The summed E-state index contributed by atoms with van der Waals surface area (Å²) in [6, 6.07) is 7.30. The smallest absolute Gasteiger partial charge is 0.261 e. The third kappa shape index (κ3) is 3.01. The van der Waals surface area contributed by atoms with Crippen LogP contribution in [0.3, 0.4) is 0 Å². The number of nitrogens with zero attached hydrogens (tertiary/aromatic N) is 3. The van der Waals surface area contributed by atoms with Gasteiger partial charge in [-0.05, 0) is 25.0 Å². The molecular weight excluding hydrogens is 280 g/mol. The summed E-state index contributed by atoms with van der Waals surface area (Å²) < 4.78 is 1.50. The van der Waals surface area contributed by atoms with E-state index in [1.807, 2.05) is 12.1 Å². The first-order chi connectivity index (χ1) is 10.6. The van der Waals surface area contributed by atoms with Crippen LogP contribution in [0.5, 0.6) is 0 Å². The summed E-state index contributed by atoms with van der Waals surface area (Å²) in [7, 11) is 0. The standard InChI is InChI=1S/C16H20N4O2/c17-12-4-3-8-19(10-12)15(21)7-9-20-11-18-14-6-2-1-5-13(14)16(20)22/h1-2,5-6,11-12H,3-4,7-10,17H2. The fraction of sp³-hybridized carbons (Fsp3) is 0.438. The molecule has 0 aliphatic carbocycles. The fourth-order valence-corrected chi connectivity index (χ4v) is 2.88. The van der Waals surface area contributed by atoms with E-state index in [4.69, 9.17) is 5.73 Å². The van der Waals surface area contributed by atoms with Crippen LogP contribution in [-0.4, -0.2) is 39.5 Å². The molecule has 0 saturated carbocycles. The number of likely N-dealkylation sites (tertiary alicyclic amines) is 1. The first kappa shape index (κ1) is 14.7. The Hall–Kier alpha value is -2.21. The van der Waals surface area contributed by atoms with E-state index in [1.165, 1.54) is 10.9 Å². The van der Waals surface area contributed by atoms with Gasteiger partial charge in [0.05, 0.1) is 17.2 Å². The van der Waals surface area contributed by atoms with E-state index in [1.54, 1.807) is 17.0 Å². The minimum absolute atomic E-state index is 0.0511. The SMILES string of the molecule is NC1CCCN(C(=O)CCn2cnc3ccccc3c2=O)C1. The highest BCUT2D eigenvalue weighted by Gasteiger charge is 2.20. The molecule has 3 rings (SSSR count). The molecule has 1 aliphatic rings. The van der Waals surface area contributed by atoms with Gasteiger partial charge < -0.3 is 10.6 Å². The van der Waals surface area contributed by atoms with Gasteiger partial charge >= 0.3 is 0 Å². The topological polar surface area (TPSA) is 81.2 Å². The monoisotopic (exact) mass is 300 g/mol. The maximum atomic E-state index is 12.3. The Morgan fingerprint density at radius 2 is 2.18 bits per heavy atom. The molecule has 6 nitrogen and oxygen atoms in total. The Balaban J connectivity index is 1.70. The van der Waals surface area contributed by atoms with Gasteiger partial charge in [-0.1, -0.05) is 12.1 Å².